The van der Waals surface area contributed by atoms with Crippen molar-refractivity contribution in [1.82, 2.24) is 0 Å². The van der Waals surface area contributed by atoms with E-state index in [1.165, 1.54) is 12.1 Å². The SMILES string of the molecule is CCOC1CCN(c2ccc(C#N)cc2C(F)(F)F)CC1. The molecule has 0 spiro atoms. The second-order valence-corrected chi connectivity index (χ2v) is 4.98. The maximum Gasteiger partial charge on any atom is 0.418 e. The minimum Gasteiger partial charge on any atom is -0.378 e. The molecule has 0 amide bonds. The molecule has 1 fully saturated rings. The van der Waals surface area contributed by atoms with Gasteiger partial charge in [-0.2, -0.15) is 18.4 Å². The van der Waals surface area contributed by atoms with Gasteiger partial charge in [-0.15, -0.1) is 0 Å². The molecule has 0 aliphatic carbocycles. The molecule has 1 heterocycles. The van der Waals surface area contributed by atoms with Crippen LogP contribution in [0.15, 0.2) is 18.2 Å². The van der Waals surface area contributed by atoms with Crippen LogP contribution in [0.1, 0.15) is 30.9 Å². The van der Waals surface area contributed by atoms with E-state index >= 15 is 0 Å². The normalized spacial score (nSPS) is 16.8. The van der Waals surface area contributed by atoms with E-state index in [0.717, 1.165) is 6.07 Å². The van der Waals surface area contributed by atoms with E-state index < -0.39 is 11.7 Å². The fourth-order valence-electron chi connectivity index (χ4n) is 2.61. The Morgan fingerprint density at radius 3 is 2.52 bits per heavy atom. The van der Waals surface area contributed by atoms with E-state index in [4.69, 9.17) is 10.00 Å². The van der Waals surface area contributed by atoms with Crippen molar-refractivity contribution >= 4 is 5.69 Å². The van der Waals surface area contributed by atoms with Crippen LogP contribution < -0.4 is 4.90 Å². The van der Waals surface area contributed by atoms with E-state index in [9.17, 15) is 13.2 Å². The van der Waals surface area contributed by atoms with E-state index in [1.807, 2.05) is 6.92 Å². The molecular weight excluding hydrogens is 281 g/mol. The summed E-state index contributed by atoms with van der Waals surface area (Å²) in [6.07, 6.45) is -2.91. The zero-order valence-corrected chi connectivity index (χ0v) is 11.8. The van der Waals surface area contributed by atoms with Crippen molar-refractivity contribution in [3.63, 3.8) is 0 Å². The van der Waals surface area contributed by atoms with E-state index in [-0.39, 0.29) is 17.4 Å². The first-order valence-electron chi connectivity index (χ1n) is 6.93. The number of ether oxygens (including phenoxy) is 1. The summed E-state index contributed by atoms with van der Waals surface area (Å²) in [6, 6.07) is 5.50. The van der Waals surface area contributed by atoms with Crippen molar-refractivity contribution in [2.75, 3.05) is 24.6 Å². The van der Waals surface area contributed by atoms with Gasteiger partial charge in [0.2, 0.25) is 0 Å². The van der Waals surface area contributed by atoms with Gasteiger partial charge >= 0.3 is 6.18 Å². The van der Waals surface area contributed by atoms with Crippen LogP contribution in [0, 0.1) is 11.3 Å². The summed E-state index contributed by atoms with van der Waals surface area (Å²) in [6.45, 7) is 3.59. The number of nitriles is 1. The van der Waals surface area contributed by atoms with Crippen molar-refractivity contribution in [3.8, 4) is 6.07 Å². The molecule has 1 saturated heterocycles. The lowest BCUT2D eigenvalue weighted by Gasteiger charge is -2.34. The Bertz CT molecular complexity index is 529. The first-order chi connectivity index (χ1) is 9.95. The zero-order chi connectivity index (χ0) is 15.5. The summed E-state index contributed by atoms with van der Waals surface area (Å²) < 4.78 is 45.0. The third kappa shape index (κ3) is 3.67. The van der Waals surface area contributed by atoms with Crippen molar-refractivity contribution in [3.05, 3.63) is 29.3 Å². The van der Waals surface area contributed by atoms with Crippen LogP contribution in [0.2, 0.25) is 0 Å². The molecule has 21 heavy (non-hydrogen) atoms. The third-order valence-electron chi connectivity index (χ3n) is 3.62. The Labute approximate surface area is 121 Å². The molecule has 0 unspecified atom stereocenters. The lowest BCUT2D eigenvalue weighted by molar-refractivity contribution is -0.137. The molecule has 0 saturated carbocycles. The van der Waals surface area contributed by atoms with Crippen LogP contribution in [-0.2, 0) is 10.9 Å². The summed E-state index contributed by atoms with van der Waals surface area (Å²) in [5.74, 6) is 0. The molecule has 1 aliphatic rings. The highest BCUT2D eigenvalue weighted by Crippen LogP contribution is 2.38. The van der Waals surface area contributed by atoms with Gasteiger partial charge in [-0.05, 0) is 38.0 Å². The Hall–Kier alpha value is -1.74. The molecule has 0 bridgehead atoms. The van der Waals surface area contributed by atoms with Gasteiger partial charge < -0.3 is 9.64 Å². The average Bonchev–Trinajstić information content (AvgIpc) is 2.47. The lowest BCUT2D eigenvalue weighted by atomic mass is 10.0. The molecule has 3 nitrogen and oxygen atoms in total. The minimum absolute atomic E-state index is 0.0234. The molecule has 1 aliphatic heterocycles. The number of nitrogens with zero attached hydrogens (tertiary/aromatic N) is 2. The summed E-state index contributed by atoms with van der Waals surface area (Å²) >= 11 is 0. The lowest BCUT2D eigenvalue weighted by Crippen LogP contribution is -2.38. The van der Waals surface area contributed by atoms with Crippen molar-refractivity contribution in [1.29, 1.82) is 5.26 Å². The minimum atomic E-state index is -4.46. The smallest absolute Gasteiger partial charge is 0.378 e. The van der Waals surface area contributed by atoms with Gasteiger partial charge in [0.05, 0.1) is 23.3 Å². The summed E-state index contributed by atoms with van der Waals surface area (Å²) in [4.78, 5) is 1.72. The molecule has 2 rings (SSSR count). The zero-order valence-electron chi connectivity index (χ0n) is 11.8. The topological polar surface area (TPSA) is 36.3 Å². The van der Waals surface area contributed by atoms with Crippen LogP contribution in [0.3, 0.4) is 0 Å². The fourth-order valence-corrected chi connectivity index (χ4v) is 2.61. The molecule has 1 aromatic rings. The van der Waals surface area contributed by atoms with Gasteiger partial charge in [0.25, 0.3) is 0 Å². The molecule has 0 atom stereocenters. The molecule has 114 valence electrons. The monoisotopic (exact) mass is 298 g/mol. The highest BCUT2D eigenvalue weighted by molar-refractivity contribution is 5.58. The molecule has 0 aromatic heterocycles. The number of alkyl halides is 3. The fraction of sp³-hybridized carbons (Fsp3) is 0.533. The van der Waals surface area contributed by atoms with Gasteiger partial charge in [-0.3, -0.25) is 0 Å². The number of halogens is 3. The summed E-state index contributed by atoms with van der Waals surface area (Å²) in [5.41, 5.74) is -0.567. The Kier molecular flexibility index (Phi) is 4.73. The van der Waals surface area contributed by atoms with Gasteiger partial charge in [0.1, 0.15) is 0 Å². The third-order valence-corrected chi connectivity index (χ3v) is 3.62. The molecule has 1 aromatic carbocycles. The number of hydrogen-bond donors (Lipinski definition) is 0. The first kappa shape index (κ1) is 15.6. The highest BCUT2D eigenvalue weighted by Gasteiger charge is 2.36. The van der Waals surface area contributed by atoms with E-state index in [2.05, 4.69) is 0 Å². The molecule has 6 heteroatoms. The summed E-state index contributed by atoms with van der Waals surface area (Å²) in [5, 5.41) is 8.78. The van der Waals surface area contributed by atoms with E-state index in [1.54, 1.807) is 11.0 Å². The van der Waals surface area contributed by atoms with Crippen LogP contribution in [0.4, 0.5) is 18.9 Å². The Morgan fingerprint density at radius 1 is 1.33 bits per heavy atom. The predicted octanol–water partition coefficient (Wildman–Crippen LogP) is 3.58. The van der Waals surface area contributed by atoms with Gasteiger partial charge in [-0.1, -0.05) is 0 Å². The van der Waals surface area contributed by atoms with Crippen molar-refractivity contribution in [2.24, 2.45) is 0 Å². The van der Waals surface area contributed by atoms with Crippen molar-refractivity contribution in [2.45, 2.75) is 32.0 Å². The highest BCUT2D eigenvalue weighted by atomic mass is 19.4. The number of rotatable bonds is 3. The maximum atomic E-state index is 13.2. The predicted molar refractivity (Wildman–Crippen MR) is 73.0 cm³/mol. The first-order valence-corrected chi connectivity index (χ1v) is 6.93. The molecule has 0 N–H and O–H groups in total. The van der Waals surface area contributed by atoms with Gasteiger partial charge in [-0.25, -0.2) is 0 Å². The number of benzene rings is 1. The second-order valence-electron chi connectivity index (χ2n) is 4.98. The largest absolute Gasteiger partial charge is 0.418 e. The molecular formula is C15H17F3N2O. The van der Waals surface area contributed by atoms with Crippen LogP contribution in [-0.4, -0.2) is 25.8 Å². The summed E-state index contributed by atoms with van der Waals surface area (Å²) in [7, 11) is 0. The maximum absolute atomic E-state index is 13.2. The van der Waals surface area contributed by atoms with Crippen LogP contribution >= 0.6 is 0 Å². The average molecular weight is 298 g/mol. The quantitative estimate of drug-likeness (QED) is 0.855. The Balaban J connectivity index is 2.23. The molecule has 0 radical (unpaired) electrons. The Morgan fingerprint density at radius 2 is 2.00 bits per heavy atom. The standard InChI is InChI=1S/C15H17F3N2O/c1-2-21-12-5-7-20(8-6-12)14-4-3-11(10-19)9-13(14)15(16,17)18/h3-4,9,12H,2,5-8H2,1H3. The van der Waals surface area contributed by atoms with Gasteiger partial charge in [0.15, 0.2) is 0 Å². The number of anilines is 1. The number of piperidine rings is 1. The number of hydrogen-bond acceptors (Lipinski definition) is 3. The van der Waals surface area contributed by atoms with Crippen molar-refractivity contribution < 1.29 is 17.9 Å². The van der Waals surface area contributed by atoms with Crippen LogP contribution in [0.25, 0.3) is 0 Å². The van der Waals surface area contributed by atoms with Gasteiger partial charge in [0, 0.05) is 25.4 Å². The van der Waals surface area contributed by atoms with E-state index in [0.29, 0.717) is 32.5 Å². The second kappa shape index (κ2) is 6.35. The van der Waals surface area contributed by atoms with Crippen LogP contribution in [0.5, 0.6) is 0 Å².